The fourth-order valence-corrected chi connectivity index (χ4v) is 1.71. The van der Waals surface area contributed by atoms with E-state index in [1.807, 2.05) is 13.0 Å². The van der Waals surface area contributed by atoms with E-state index in [1.165, 1.54) is 0 Å². The highest BCUT2D eigenvalue weighted by Gasteiger charge is 2.17. The Morgan fingerprint density at radius 2 is 2.50 bits per heavy atom. The second-order valence-electron chi connectivity index (χ2n) is 3.95. The Kier molecular flexibility index (Phi) is 3.27. The van der Waals surface area contributed by atoms with E-state index in [4.69, 9.17) is 5.11 Å². The molecular formula is C12H14N4O2. The quantitative estimate of drug-likeness (QED) is 0.781. The molecule has 1 unspecified atom stereocenters. The molecule has 0 saturated heterocycles. The predicted octanol–water partition coefficient (Wildman–Crippen LogP) is 1.48. The summed E-state index contributed by atoms with van der Waals surface area (Å²) in [5.41, 5.74) is 1.60. The molecule has 94 valence electrons. The molecule has 0 amide bonds. The number of aromatic nitrogens is 3. The van der Waals surface area contributed by atoms with Gasteiger partial charge in [0, 0.05) is 12.4 Å². The van der Waals surface area contributed by atoms with Crippen molar-refractivity contribution >= 4 is 17.3 Å². The van der Waals surface area contributed by atoms with Gasteiger partial charge in [0.25, 0.3) is 0 Å². The minimum atomic E-state index is -0.935. The van der Waals surface area contributed by atoms with Crippen LogP contribution in [0.4, 0.5) is 5.82 Å². The average Bonchev–Trinajstić information content (AvgIpc) is 2.69. The number of nitrogens with zero attached hydrogens (tertiary/aromatic N) is 3. The van der Waals surface area contributed by atoms with E-state index < -0.39 is 12.0 Å². The lowest BCUT2D eigenvalue weighted by Gasteiger charge is -2.13. The summed E-state index contributed by atoms with van der Waals surface area (Å²) in [6.45, 7) is 5.42. The standard InChI is InChI=1S/C12H14N4O2/c1-3-4-9(12(17)18)14-11-10-7-8(2)15-16(10)6-5-13-11/h3,5-7,9H,1,4H2,2H3,(H,13,14)(H,17,18). The van der Waals surface area contributed by atoms with Gasteiger partial charge >= 0.3 is 5.97 Å². The van der Waals surface area contributed by atoms with Crippen molar-refractivity contribution in [1.29, 1.82) is 0 Å². The van der Waals surface area contributed by atoms with Gasteiger partial charge < -0.3 is 10.4 Å². The molecular weight excluding hydrogens is 232 g/mol. The molecule has 0 aliphatic carbocycles. The van der Waals surface area contributed by atoms with Gasteiger partial charge in [0.2, 0.25) is 0 Å². The molecule has 0 spiro atoms. The Bertz CT molecular complexity index is 591. The summed E-state index contributed by atoms with van der Waals surface area (Å²) in [6.07, 6.45) is 5.18. The minimum Gasteiger partial charge on any atom is -0.480 e. The van der Waals surface area contributed by atoms with Crippen LogP contribution in [0.2, 0.25) is 0 Å². The molecule has 2 aromatic heterocycles. The first-order chi connectivity index (χ1) is 8.61. The van der Waals surface area contributed by atoms with E-state index in [2.05, 4.69) is 22.0 Å². The Labute approximate surface area is 104 Å². The smallest absolute Gasteiger partial charge is 0.326 e. The van der Waals surface area contributed by atoms with E-state index in [-0.39, 0.29) is 0 Å². The van der Waals surface area contributed by atoms with Crippen LogP contribution in [0, 0.1) is 6.92 Å². The lowest BCUT2D eigenvalue weighted by molar-refractivity contribution is -0.137. The summed E-state index contributed by atoms with van der Waals surface area (Å²) in [5, 5.41) is 16.2. The van der Waals surface area contributed by atoms with E-state index in [0.717, 1.165) is 11.2 Å². The Morgan fingerprint density at radius 1 is 1.72 bits per heavy atom. The van der Waals surface area contributed by atoms with Crippen LogP contribution < -0.4 is 5.32 Å². The molecule has 6 heteroatoms. The van der Waals surface area contributed by atoms with Gasteiger partial charge in [0.1, 0.15) is 11.6 Å². The van der Waals surface area contributed by atoms with Gasteiger partial charge in [-0.2, -0.15) is 5.10 Å². The lowest BCUT2D eigenvalue weighted by atomic mass is 10.2. The third-order valence-corrected chi connectivity index (χ3v) is 2.52. The molecule has 18 heavy (non-hydrogen) atoms. The van der Waals surface area contributed by atoms with Crippen molar-refractivity contribution in [3.63, 3.8) is 0 Å². The Balaban J connectivity index is 2.35. The van der Waals surface area contributed by atoms with E-state index in [9.17, 15) is 4.79 Å². The third kappa shape index (κ3) is 2.32. The molecule has 2 aromatic rings. The molecule has 2 N–H and O–H groups in total. The number of rotatable bonds is 5. The van der Waals surface area contributed by atoms with Crippen LogP contribution in [-0.2, 0) is 4.79 Å². The number of carbonyl (C=O) groups is 1. The zero-order chi connectivity index (χ0) is 13.1. The number of carboxylic acids is 1. The number of carboxylic acid groups (broad SMARTS) is 1. The first-order valence-electron chi connectivity index (χ1n) is 5.53. The summed E-state index contributed by atoms with van der Waals surface area (Å²) in [6, 6.07) is 1.11. The van der Waals surface area contributed by atoms with Gasteiger partial charge in [-0.1, -0.05) is 6.08 Å². The monoisotopic (exact) mass is 246 g/mol. The normalized spacial score (nSPS) is 12.3. The van der Waals surface area contributed by atoms with Crippen molar-refractivity contribution in [3.8, 4) is 0 Å². The fraction of sp³-hybridized carbons (Fsp3) is 0.250. The molecule has 1 atom stereocenters. The van der Waals surface area contributed by atoms with Gasteiger partial charge in [-0.05, 0) is 19.4 Å². The first kappa shape index (κ1) is 12.1. The van der Waals surface area contributed by atoms with E-state index in [1.54, 1.807) is 23.0 Å². The highest BCUT2D eigenvalue weighted by molar-refractivity contribution is 5.80. The molecule has 0 saturated carbocycles. The van der Waals surface area contributed by atoms with Gasteiger partial charge in [0.15, 0.2) is 5.82 Å². The summed E-state index contributed by atoms with van der Waals surface area (Å²) in [4.78, 5) is 15.2. The van der Waals surface area contributed by atoms with Crippen LogP contribution >= 0.6 is 0 Å². The van der Waals surface area contributed by atoms with Gasteiger partial charge in [-0.3, -0.25) is 0 Å². The van der Waals surface area contributed by atoms with Crippen LogP contribution in [0.15, 0.2) is 31.1 Å². The van der Waals surface area contributed by atoms with Crippen molar-refractivity contribution in [2.24, 2.45) is 0 Å². The molecule has 2 rings (SSSR count). The van der Waals surface area contributed by atoms with Gasteiger partial charge in [-0.25, -0.2) is 14.3 Å². The van der Waals surface area contributed by atoms with Gasteiger partial charge in [0.05, 0.1) is 5.69 Å². The van der Waals surface area contributed by atoms with Crippen molar-refractivity contribution in [2.45, 2.75) is 19.4 Å². The fourth-order valence-electron chi connectivity index (χ4n) is 1.71. The second-order valence-corrected chi connectivity index (χ2v) is 3.95. The number of nitrogens with one attached hydrogen (secondary N) is 1. The zero-order valence-corrected chi connectivity index (χ0v) is 10.00. The molecule has 2 heterocycles. The highest BCUT2D eigenvalue weighted by atomic mass is 16.4. The number of fused-ring (bicyclic) bond motifs is 1. The molecule has 6 nitrogen and oxygen atoms in total. The number of hydrogen-bond donors (Lipinski definition) is 2. The summed E-state index contributed by atoms with van der Waals surface area (Å²) in [7, 11) is 0. The maximum Gasteiger partial charge on any atom is 0.326 e. The van der Waals surface area contributed by atoms with Gasteiger partial charge in [-0.15, -0.1) is 6.58 Å². The molecule has 0 radical (unpaired) electrons. The molecule has 0 aliphatic rings. The van der Waals surface area contributed by atoms with Crippen molar-refractivity contribution in [3.05, 3.63) is 36.8 Å². The lowest BCUT2D eigenvalue weighted by Crippen LogP contribution is -2.29. The topological polar surface area (TPSA) is 79.5 Å². The SMILES string of the molecule is C=CCC(Nc1nccn2nc(C)cc12)C(=O)O. The van der Waals surface area contributed by atoms with Crippen LogP contribution in [0.3, 0.4) is 0 Å². The largest absolute Gasteiger partial charge is 0.480 e. The van der Waals surface area contributed by atoms with Crippen LogP contribution in [0.25, 0.3) is 5.52 Å². The third-order valence-electron chi connectivity index (χ3n) is 2.52. The summed E-state index contributed by atoms with van der Waals surface area (Å²) < 4.78 is 1.66. The average molecular weight is 246 g/mol. The number of aliphatic carboxylic acids is 1. The Hall–Kier alpha value is -2.37. The zero-order valence-electron chi connectivity index (χ0n) is 10.00. The van der Waals surface area contributed by atoms with Crippen LogP contribution in [-0.4, -0.2) is 31.7 Å². The van der Waals surface area contributed by atoms with Crippen molar-refractivity contribution < 1.29 is 9.90 Å². The maximum atomic E-state index is 11.1. The Morgan fingerprint density at radius 3 is 3.17 bits per heavy atom. The number of anilines is 1. The van der Waals surface area contributed by atoms with Crippen LogP contribution in [0.5, 0.6) is 0 Å². The summed E-state index contributed by atoms with van der Waals surface area (Å²) in [5.74, 6) is -0.428. The highest BCUT2D eigenvalue weighted by Crippen LogP contribution is 2.16. The molecule has 0 aromatic carbocycles. The number of aryl methyl sites for hydroxylation is 1. The predicted molar refractivity (Wildman–Crippen MR) is 67.6 cm³/mol. The van der Waals surface area contributed by atoms with Crippen LogP contribution in [0.1, 0.15) is 12.1 Å². The maximum absolute atomic E-state index is 11.1. The first-order valence-corrected chi connectivity index (χ1v) is 5.53. The minimum absolute atomic E-state index is 0.325. The number of hydrogen-bond acceptors (Lipinski definition) is 4. The summed E-state index contributed by atoms with van der Waals surface area (Å²) >= 11 is 0. The van der Waals surface area contributed by atoms with E-state index in [0.29, 0.717) is 12.2 Å². The molecule has 0 bridgehead atoms. The van der Waals surface area contributed by atoms with Crippen molar-refractivity contribution in [2.75, 3.05) is 5.32 Å². The van der Waals surface area contributed by atoms with Crippen molar-refractivity contribution in [1.82, 2.24) is 14.6 Å². The molecule has 0 aliphatic heterocycles. The molecule has 0 fully saturated rings. The van der Waals surface area contributed by atoms with E-state index >= 15 is 0 Å². The second kappa shape index (κ2) is 4.87.